The van der Waals surface area contributed by atoms with Crippen molar-refractivity contribution in [1.29, 1.82) is 0 Å². The third-order valence-electron chi connectivity index (χ3n) is 7.74. The number of amides is 2. The number of fused-ring (bicyclic) bond motifs is 1. The molecule has 2 N–H and O–H groups in total. The van der Waals surface area contributed by atoms with Gasteiger partial charge < -0.3 is 15.2 Å². The molecule has 0 radical (unpaired) electrons. The Morgan fingerprint density at radius 1 is 1.17 bits per heavy atom. The van der Waals surface area contributed by atoms with E-state index in [1.54, 1.807) is 19.1 Å². The lowest BCUT2D eigenvalue weighted by atomic mass is 9.72. The van der Waals surface area contributed by atoms with Gasteiger partial charge >= 0.3 is 6.18 Å². The number of hydrogen-bond donors (Lipinski definition) is 2. The molecule has 2 aliphatic carbocycles. The largest absolute Gasteiger partial charge is 0.390 e. The van der Waals surface area contributed by atoms with Gasteiger partial charge in [0.1, 0.15) is 12.0 Å². The Labute approximate surface area is 234 Å². The number of benzene rings is 1. The summed E-state index contributed by atoms with van der Waals surface area (Å²) in [5.74, 6) is -1.69. The van der Waals surface area contributed by atoms with E-state index >= 15 is 0 Å². The van der Waals surface area contributed by atoms with Gasteiger partial charge in [0.25, 0.3) is 0 Å². The van der Waals surface area contributed by atoms with Crippen LogP contribution in [-0.4, -0.2) is 58.4 Å². The summed E-state index contributed by atoms with van der Waals surface area (Å²) in [5.41, 5.74) is 2.68. The number of hydrogen-bond acceptors (Lipinski definition) is 4. The molecule has 1 saturated carbocycles. The number of aromatic nitrogens is 2. The molecule has 2 aliphatic rings. The lowest BCUT2D eigenvalue weighted by Gasteiger charge is -2.35. The maximum atomic E-state index is 13.7. The molecule has 5 rings (SSSR count). The van der Waals surface area contributed by atoms with Gasteiger partial charge in [0.2, 0.25) is 11.8 Å². The summed E-state index contributed by atoms with van der Waals surface area (Å²) in [5, 5.41) is 2.65. The predicted octanol–water partition coefficient (Wildman–Crippen LogP) is 5.51. The number of Topliss-reactive ketones (excluding diaryl/α,β-unsaturated/α-hetero) is 1. The molecule has 216 valence electrons. The standard InChI is InChI=1S/C30H30F4N4O3/c1-29(28(41)38(2)11-9-30(32,33)34)15-22-25(23(39)16-29)20(12-17-6-4-3-5-7-17)26(36-22)18-8-10-35-24(13-18)37-27(40)19-14-21(19)31/h3-8,10,13,19,21,36H,9,11-12,14-16H2,1-2H3,(H,35,37,40)/t19-,21+,29?/m1/s1. The van der Waals surface area contributed by atoms with Crippen LogP contribution in [0.2, 0.25) is 0 Å². The third kappa shape index (κ3) is 6.18. The smallest absolute Gasteiger partial charge is 0.358 e. The van der Waals surface area contributed by atoms with E-state index in [0.29, 0.717) is 34.5 Å². The zero-order valence-corrected chi connectivity index (χ0v) is 22.6. The van der Waals surface area contributed by atoms with Crippen LogP contribution >= 0.6 is 0 Å². The highest BCUT2D eigenvalue weighted by Gasteiger charge is 2.45. The van der Waals surface area contributed by atoms with Crippen molar-refractivity contribution in [3.8, 4) is 11.3 Å². The second-order valence-electron chi connectivity index (χ2n) is 11.2. The molecule has 3 atom stereocenters. The summed E-state index contributed by atoms with van der Waals surface area (Å²) >= 11 is 0. The van der Waals surface area contributed by atoms with Crippen LogP contribution in [0.5, 0.6) is 0 Å². The molecule has 0 aliphatic heterocycles. The van der Waals surface area contributed by atoms with Crippen molar-refractivity contribution in [3.05, 3.63) is 71.0 Å². The topological polar surface area (TPSA) is 95.2 Å². The average Bonchev–Trinajstić information content (AvgIpc) is 3.55. The highest BCUT2D eigenvalue weighted by atomic mass is 19.4. The number of anilines is 1. The molecule has 41 heavy (non-hydrogen) atoms. The number of H-pyrrole nitrogens is 1. The Morgan fingerprint density at radius 2 is 1.88 bits per heavy atom. The Kier molecular flexibility index (Phi) is 7.48. The quantitative estimate of drug-likeness (QED) is 0.349. The second-order valence-corrected chi connectivity index (χ2v) is 11.2. The van der Waals surface area contributed by atoms with E-state index < -0.39 is 48.5 Å². The molecule has 7 nitrogen and oxygen atoms in total. The zero-order chi connectivity index (χ0) is 29.5. The first-order valence-electron chi connectivity index (χ1n) is 13.4. The zero-order valence-electron chi connectivity index (χ0n) is 22.6. The number of ketones is 1. The highest BCUT2D eigenvalue weighted by Crippen LogP contribution is 2.42. The first kappa shape index (κ1) is 28.5. The van der Waals surface area contributed by atoms with Gasteiger partial charge in [0.15, 0.2) is 5.78 Å². The number of halogens is 4. The number of carbonyl (C=O) groups excluding carboxylic acids is 3. The van der Waals surface area contributed by atoms with Crippen molar-refractivity contribution < 1.29 is 31.9 Å². The maximum absolute atomic E-state index is 13.7. The summed E-state index contributed by atoms with van der Waals surface area (Å²) in [6.07, 6.45) is -4.60. The van der Waals surface area contributed by atoms with Crippen molar-refractivity contribution in [2.45, 2.75) is 51.4 Å². The SMILES string of the molecule is CN(CCC(F)(F)F)C(=O)C1(C)CC(=O)c2c([nH]c(-c3ccnc(NC(=O)[C@@H]4C[C@@H]4F)c3)c2Cc2ccccc2)C1. The van der Waals surface area contributed by atoms with Crippen molar-refractivity contribution >= 4 is 23.4 Å². The average molecular weight is 571 g/mol. The predicted molar refractivity (Wildman–Crippen MR) is 144 cm³/mol. The third-order valence-corrected chi connectivity index (χ3v) is 7.74. The van der Waals surface area contributed by atoms with E-state index in [1.807, 2.05) is 30.3 Å². The lowest BCUT2D eigenvalue weighted by Crippen LogP contribution is -2.46. The molecular weight excluding hydrogens is 540 g/mol. The molecule has 0 bridgehead atoms. The monoisotopic (exact) mass is 570 g/mol. The second kappa shape index (κ2) is 10.8. The fraction of sp³-hybridized carbons (Fsp3) is 0.400. The summed E-state index contributed by atoms with van der Waals surface area (Å²) < 4.78 is 51.7. The van der Waals surface area contributed by atoms with Gasteiger partial charge in [-0.3, -0.25) is 14.4 Å². The fourth-order valence-corrected chi connectivity index (χ4v) is 5.50. The fourth-order valence-electron chi connectivity index (χ4n) is 5.50. The van der Waals surface area contributed by atoms with Gasteiger partial charge in [-0.15, -0.1) is 0 Å². The van der Waals surface area contributed by atoms with Crippen LogP contribution in [-0.2, 0) is 22.4 Å². The maximum Gasteiger partial charge on any atom is 0.390 e. The van der Waals surface area contributed by atoms with Crippen molar-refractivity contribution in [2.24, 2.45) is 11.3 Å². The van der Waals surface area contributed by atoms with Crippen molar-refractivity contribution in [1.82, 2.24) is 14.9 Å². The number of nitrogens with zero attached hydrogens (tertiary/aromatic N) is 2. The molecule has 2 heterocycles. The number of carbonyl (C=O) groups is 3. The van der Waals surface area contributed by atoms with Gasteiger partial charge in [0.05, 0.1) is 23.4 Å². The molecule has 2 amide bonds. The van der Waals surface area contributed by atoms with E-state index in [2.05, 4.69) is 15.3 Å². The van der Waals surface area contributed by atoms with Crippen molar-refractivity contribution in [3.63, 3.8) is 0 Å². The van der Waals surface area contributed by atoms with Crippen LogP contribution in [0.25, 0.3) is 11.3 Å². The van der Waals surface area contributed by atoms with Gasteiger partial charge in [0, 0.05) is 55.9 Å². The highest BCUT2D eigenvalue weighted by molar-refractivity contribution is 6.05. The molecule has 3 aromatic rings. The van der Waals surface area contributed by atoms with Gasteiger partial charge in [-0.25, -0.2) is 9.37 Å². The molecular formula is C30H30F4N4O3. The van der Waals surface area contributed by atoms with Crippen molar-refractivity contribution in [2.75, 3.05) is 18.9 Å². The van der Waals surface area contributed by atoms with Crippen LogP contribution < -0.4 is 5.32 Å². The summed E-state index contributed by atoms with van der Waals surface area (Å²) in [6.45, 7) is 1.11. The first-order chi connectivity index (χ1) is 19.3. The normalized spacial score (nSPS) is 21.8. The Balaban J connectivity index is 1.49. The number of rotatable bonds is 8. The summed E-state index contributed by atoms with van der Waals surface area (Å²) in [4.78, 5) is 47.8. The molecule has 1 fully saturated rings. The molecule has 1 aromatic carbocycles. The van der Waals surface area contributed by atoms with Gasteiger partial charge in [-0.05, 0) is 36.6 Å². The number of pyridine rings is 1. The van der Waals surface area contributed by atoms with E-state index in [-0.39, 0.29) is 30.9 Å². The minimum atomic E-state index is -4.40. The summed E-state index contributed by atoms with van der Waals surface area (Å²) in [7, 11) is 1.32. The molecule has 0 spiro atoms. The molecule has 1 unspecified atom stereocenters. The number of nitrogens with one attached hydrogen (secondary N) is 2. The van der Waals surface area contributed by atoms with E-state index in [4.69, 9.17) is 0 Å². The number of alkyl halides is 4. The van der Waals surface area contributed by atoms with E-state index in [1.165, 1.54) is 13.2 Å². The Morgan fingerprint density at radius 3 is 2.54 bits per heavy atom. The van der Waals surface area contributed by atoms with E-state index in [0.717, 1.165) is 10.5 Å². The minimum absolute atomic E-state index is 0.138. The molecule has 2 aromatic heterocycles. The minimum Gasteiger partial charge on any atom is -0.358 e. The van der Waals surface area contributed by atoms with Crippen LogP contribution in [0.15, 0.2) is 48.7 Å². The van der Waals surface area contributed by atoms with Crippen LogP contribution in [0.1, 0.15) is 53.4 Å². The summed E-state index contributed by atoms with van der Waals surface area (Å²) in [6, 6.07) is 12.9. The van der Waals surface area contributed by atoms with Crippen LogP contribution in [0.3, 0.4) is 0 Å². The van der Waals surface area contributed by atoms with Crippen LogP contribution in [0, 0.1) is 11.3 Å². The Bertz CT molecular complexity index is 1490. The Hall–Kier alpha value is -4.02. The lowest BCUT2D eigenvalue weighted by molar-refractivity contribution is -0.149. The number of aromatic amines is 1. The molecule has 0 saturated heterocycles. The van der Waals surface area contributed by atoms with Crippen LogP contribution in [0.4, 0.5) is 23.4 Å². The molecule has 11 heteroatoms. The first-order valence-corrected chi connectivity index (χ1v) is 13.4. The van der Waals surface area contributed by atoms with Gasteiger partial charge in [-0.1, -0.05) is 30.3 Å². The van der Waals surface area contributed by atoms with Gasteiger partial charge in [-0.2, -0.15) is 13.2 Å². The van der Waals surface area contributed by atoms with E-state index in [9.17, 15) is 31.9 Å².